The molecule has 2 aliphatic heterocycles. The van der Waals surface area contributed by atoms with Crippen LogP contribution in [0.3, 0.4) is 0 Å². The number of amides is 1. The minimum atomic E-state index is -0.0385. The Labute approximate surface area is 183 Å². The largest absolute Gasteiger partial charge is 0.378 e. The first-order chi connectivity index (χ1) is 15.8. The number of ether oxygens (including phenoxy) is 1. The third kappa shape index (κ3) is 3.21. The average Bonchev–Trinajstić information content (AvgIpc) is 3.48. The second kappa shape index (κ2) is 7.57. The van der Waals surface area contributed by atoms with E-state index in [9.17, 15) is 4.79 Å². The molecule has 1 fully saturated rings. The molecule has 0 bridgehead atoms. The van der Waals surface area contributed by atoms with Crippen LogP contribution in [0, 0.1) is 0 Å². The summed E-state index contributed by atoms with van der Waals surface area (Å²) < 4.78 is 7.15. The lowest BCUT2D eigenvalue weighted by Gasteiger charge is -2.27. The van der Waals surface area contributed by atoms with Crippen LogP contribution >= 0.6 is 0 Å². The highest BCUT2D eigenvalue weighted by atomic mass is 16.5. The van der Waals surface area contributed by atoms with Crippen LogP contribution in [-0.2, 0) is 11.3 Å². The number of pyridine rings is 1. The Morgan fingerprint density at radius 2 is 1.94 bits per heavy atom. The Kier molecular flexibility index (Phi) is 4.43. The van der Waals surface area contributed by atoms with Gasteiger partial charge in [0.1, 0.15) is 12.1 Å². The van der Waals surface area contributed by atoms with Crippen molar-refractivity contribution in [1.29, 1.82) is 0 Å². The standard InChI is InChI=1S/C22H20N8O2/c31-22-17-3-1-14(9-15(17)10-25-22)18-12-24-20(21-26-13-27-30(18)21)28-16-2-4-19(23-11-16)29-5-7-32-8-6-29/h1-4,9,11-13H,5-8,10H2,(H,24,28)(H,25,31). The predicted molar refractivity (Wildman–Crippen MR) is 118 cm³/mol. The fourth-order valence-corrected chi connectivity index (χ4v) is 4.07. The van der Waals surface area contributed by atoms with Crippen LogP contribution in [0.1, 0.15) is 15.9 Å². The van der Waals surface area contributed by atoms with Crippen molar-refractivity contribution in [3.05, 3.63) is 60.2 Å². The topological polar surface area (TPSA) is 110 Å². The van der Waals surface area contributed by atoms with Crippen LogP contribution in [-0.4, -0.2) is 56.8 Å². The summed E-state index contributed by atoms with van der Waals surface area (Å²) in [5.74, 6) is 1.48. The molecule has 1 saturated heterocycles. The van der Waals surface area contributed by atoms with Gasteiger partial charge in [-0.05, 0) is 29.8 Å². The molecule has 2 N–H and O–H groups in total. The number of rotatable bonds is 4. The molecule has 6 rings (SSSR count). The van der Waals surface area contributed by atoms with Crippen molar-refractivity contribution in [3.63, 3.8) is 0 Å². The van der Waals surface area contributed by atoms with Crippen molar-refractivity contribution in [2.24, 2.45) is 0 Å². The Bertz CT molecular complexity index is 1310. The van der Waals surface area contributed by atoms with Crippen LogP contribution in [0.5, 0.6) is 0 Å². The van der Waals surface area contributed by atoms with E-state index in [0.29, 0.717) is 23.6 Å². The van der Waals surface area contributed by atoms with E-state index in [1.807, 2.05) is 30.3 Å². The summed E-state index contributed by atoms with van der Waals surface area (Å²) in [6, 6.07) is 9.70. The van der Waals surface area contributed by atoms with Crippen molar-refractivity contribution in [1.82, 2.24) is 29.9 Å². The number of benzene rings is 1. The SMILES string of the molecule is O=C1NCc2cc(-c3cnc(Nc4ccc(N5CCOCC5)nc4)c4ncnn34)ccc21. The van der Waals surface area contributed by atoms with E-state index < -0.39 is 0 Å². The number of hydrogen-bond donors (Lipinski definition) is 2. The normalized spacial score (nSPS) is 15.6. The first kappa shape index (κ1) is 18.7. The summed E-state index contributed by atoms with van der Waals surface area (Å²) in [4.78, 5) is 27.6. The second-order valence-corrected chi connectivity index (χ2v) is 7.67. The van der Waals surface area contributed by atoms with Crippen molar-refractivity contribution in [3.8, 4) is 11.3 Å². The van der Waals surface area contributed by atoms with Crippen LogP contribution in [0.2, 0.25) is 0 Å². The third-order valence-electron chi connectivity index (χ3n) is 5.73. The number of hydrogen-bond acceptors (Lipinski definition) is 8. The summed E-state index contributed by atoms with van der Waals surface area (Å²) >= 11 is 0. The number of carbonyl (C=O) groups excluding carboxylic acids is 1. The van der Waals surface area contributed by atoms with E-state index in [-0.39, 0.29) is 5.91 Å². The van der Waals surface area contributed by atoms with Gasteiger partial charge in [-0.2, -0.15) is 5.10 Å². The summed E-state index contributed by atoms with van der Waals surface area (Å²) in [6.45, 7) is 3.66. The number of aromatic nitrogens is 5. The maximum Gasteiger partial charge on any atom is 0.251 e. The Hall–Kier alpha value is -4.05. The minimum Gasteiger partial charge on any atom is -0.378 e. The molecule has 5 heterocycles. The molecule has 3 aromatic heterocycles. The van der Waals surface area contributed by atoms with Gasteiger partial charge in [-0.15, -0.1) is 0 Å². The number of morpholine rings is 1. The van der Waals surface area contributed by atoms with Crippen LogP contribution in [0.15, 0.2) is 49.1 Å². The highest BCUT2D eigenvalue weighted by Gasteiger charge is 2.20. The molecule has 4 aromatic rings. The lowest BCUT2D eigenvalue weighted by Crippen LogP contribution is -2.36. The van der Waals surface area contributed by atoms with Crippen LogP contribution in [0.4, 0.5) is 17.3 Å². The van der Waals surface area contributed by atoms with Crippen molar-refractivity contribution < 1.29 is 9.53 Å². The van der Waals surface area contributed by atoms with Gasteiger partial charge < -0.3 is 20.3 Å². The number of fused-ring (bicyclic) bond motifs is 2. The van der Waals surface area contributed by atoms with Crippen molar-refractivity contribution in [2.75, 3.05) is 36.5 Å². The first-order valence-corrected chi connectivity index (χ1v) is 10.4. The summed E-state index contributed by atoms with van der Waals surface area (Å²) in [5.41, 5.74) is 4.82. The third-order valence-corrected chi connectivity index (χ3v) is 5.73. The van der Waals surface area contributed by atoms with Gasteiger partial charge in [0.05, 0.1) is 37.0 Å². The number of nitrogens with zero attached hydrogens (tertiary/aromatic N) is 6. The van der Waals surface area contributed by atoms with Gasteiger partial charge in [-0.1, -0.05) is 6.07 Å². The van der Waals surface area contributed by atoms with E-state index in [1.54, 1.807) is 16.9 Å². The Balaban J connectivity index is 1.29. The monoisotopic (exact) mass is 428 g/mol. The van der Waals surface area contributed by atoms with E-state index >= 15 is 0 Å². The highest BCUT2D eigenvalue weighted by Crippen LogP contribution is 2.27. The molecule has 32 heavy (non-hydrogen) atoms. The predicted octanol–water partition coefficient (Wildman–Crippen LogP) is 2.01. The van der Waals surface area contributed by atoms with Gasteiger partial charge in [0.2, 0.25) is 0 Å². The summed E-state index contributed by atoms with van der Waals surface area (Å²) in [5, 5.41) is 10.5. The Morgan fingerprint density at radius 3 is 2.78 bits per heavy atom. The average molecular weight is 428 g/mol. The van der Waals surface area contributed by atoms with Gasteiger partial charge >= 0.3 is 0 Å². The van der Waals surface area contributed by atoms with Crippen molar-refractivity contribution in [2.45, 2.75) is 6.54 Å². The number of anilines is 3. The van der Waals surface area contributed by atoms with E-state index in [4.69, 9.17) is 4.74 Å². The molecule has 1 aromatic carbocycles. The molecule has 0 saturated carbocycles. The summed E-state index contributed by atoms with van der Waals surface area (Å²) in [7, 11) is 0. The fraction of sp³-hybridized carbons (Fsp3) is 0.227. The number of carbonyl (C=O) groups is 1. The highest BCUT2D eigenvalue weighted by molar-refractivity contribution is 5.98. The first-order valence-electron chi connectivity index (χ1n) is 10.4. The molecule has 1 amide bonds. The van der Waals surface area contributed by atoms with E-state index in [1.165, 1.54) is 6.33 Å². The second-order valence-electron chi connectivity index (χ2n) is 7.67. The maximum atomic E-state index is 11.8. The molecule has 10 nitrogen and oxygen atoms in total. The molecule has 0 atom stereocenters. The molecule has 0 radical (unpaired) electrons. The quantitative estimate of drug-likeness (QED) is 0.508. The minimum absolute atomic E-state index is 0.0385. The fourth-order valence-electron chi connectivity index (χ4n) is 4.07. The molecule has 160 valence electrons. The van der Waals surface area contributed by atoms with Gasteiger partial charge in [-0.25, -0.2) is 19.5 Å². The van der Waals surface area contributed by atoms with Gasteiger partial charge in [0.15, 0.2) is 11.5 Å². The van der Waals surface area contributed by atoms with Gasteiger partial charge in [0, 0.05) is 30.8 Å². The lowest BCUT2D eigenvalue weighted by atomic mass is 10.0. The van der Waals surface area contributed by atoms with Crippen LogP contribution < -0.4 is 15.5 Å². The molecule has 10 heteroatoms. The zero-order valence-electron chi connectivity index (χ0n) is 17.2. The molecule has 0 aliphatic carbocycles. The Morgan fingerprint density at radius 1 is 1.03 bits per heavy atom. The zero-order valence-corrected chi connectivity index (χ0v) is 17.2. The summed E-state index contributed by atoms with van der Waals surface area (Å²) in [6.07, 6.45) is 5.05. The maximum absolute atomic E-state index is 11.8. The van der Waals surface area contributed by atoms with Crippen molar-refractivity contribution >= 4 is 28.9 Å². The zero-order chi connectivity index (χ0) is 21.5. The van der Waals surface area contributed by atoms with Gasteiger partial charge in [-0.3, -0.25) is 4.79 Å². The number of nitrogens with one attached hydrogen (secondary N) is 2. The lowest BCUT2D eigenvalue weighted by molar-refractivity contribution is 0.0965. The van der Waals surface area contributed by atoms with Gasteiger partial charge in [0.25, 0.3) is 5.91 Å². The molecular weight excluding hydrogens is 408 g/mol. The van der Waals surface area contributed by atoms with Crippen LogP contribution in [0.25, 0.3) is 16.9 Å². The molecule has 0 spiro atoms. The molecule has 0 unspecified atom stereocenters. The van der Waals surface area contributed by atoms with E-state index in [2.05, 4.69) is 35.6 Å². The molecule has 2 aliphatic rings. The smallest absolute Gasteiger partial charge is 0.251 e. The molecular formula is C22H20N8O2. The van der Waals surface area contributed by atoms with E-state index in [0.717, 1.165) is 54.6 Å².